The Hall–Kier alpha value is -3.80. The molecule has 0 saturated heterocycles. The monoisotopic (exact) mass is 402 g/mol. The number of aromatic nitrogens is 1. The molecule has 2 N–H and O–H groups in total. The van der Waals surface area contributed by atoms with Gasteiger partial charge in [0, 0.05) is 22.3 Å². The van der Waals surface area contributed by atoms with Gasteiger partial charge >= 0.3 is 5.97 Å². The smallest absolute Gasteiger partial charge is 0.338 e. The molecule has 0 aliphatic rings. The number of benzene rings is 2. The van der Waals surface area contributed by atoms with Crippen LogP contribution in [0.1, 0.15) is 40.3 Å². The largest absolute Gasteiger partial charge is 0.505 e. The number of fused-ring (bicyclic) bond motifs is 1. The number of hydrogen-bond donors (Lipinski definition) is 2. The number of nitrogens with zero attached hydrogens (tertiary/aromatic N) is 1. The number of anilines is 1. The summed E-state index contributed by atoms with van der Waals surface area (Å²) in [5.41, 5.74) is 3.26. The fourth-order valence-electron chi connectivity index (χ4n) is 3.36. The highest BCUT2D eigenvalue weighted by Crippen LogP contribution is 2.36. The van der Waals surface area contributed by atoms with Crippen LogP contribution >= 0.6 is 0 Å². The summed E-state index contributed by atoms with van der Waals surface area (Å²) in [4.78, 5) is 16.4. The SMILES string of the molecule is CCOC(=O)c1ccc(NC(c2ccco2)c2ccc3ccc(C)nc3c2O)cc1. The lowest BCUT2D eigenvalue weighted by Gasteiger charge is -2.20. The van der Waals surface area contributed by atoms with Crippen LogP contribution in [0.25, 0.3) is 10.9 Å². The number of phenols is 1. The number of ether oxygens (including phenoxy) is 1. The summed E-state index contributed by atoms with van der Waals surface area (Å²) < 4.78 is 10.7. The molecule has 0 aliphatic heterocycles. The normalized spacial score (nSPS) is 11.9. The summed E-state index contributed by atoms with van der Waals surface area (Å²) in [5, 5.41) is 15.2. The highest BCUT2D eigenvalue weighted by atomic mass is 16.5. The minimum Gasteiger partial charge on any atom is -0.505 e. The first-order valence-corrected chi connectivity index (χ1v) is 9.73. The molecule has 0 radical (unpaired) electrons. The number of furan rings is 1. The van der Waals surface area contributed by atoms with Crippen molar-refractivity contribution < 1.29 is 19.1 Å². The van der Waals surface area contributed by atoms with Crippen molar-refractivity contribution >= 4 is 22.6 Å². The second kappa shape index (κ2) is 8.29. The molecular formula is C24H22N2O4. The Morgan fingerprint density at radius 3 is 2.60 bits per heavy atom. The van der Waals surface area contributed by atoms with E-state index in [9.17, 15) is 9.90 Å². The lowest BCUT2D eigenvalue weighted by Crippen LogP contribution is -2.12. The molecule has 0 saturated carbocycles. The van der Waals surface area contributed by atoms with Gasteiger partial charge in [-0.2, -0.15) is 0 Å². The Kier molecular flexibility index (Phi) is 5.39. The van der Waals surface area contributed by atoms with Gasteiger partial charge < -0.3 is 19.6 Å². The van der Waals surface area contributed by atoms with Gasteiger partial charge in [0.2, 0.25) is 0 Å². The van der Waals surface area contributed by atoms with Gasteiger partial charge in [0.05, 0.1) is 18.4 Å². The second-order valence-corrected chi connectivity index (χ2v) is 6.92. The van der Waals surface area contributed by atoms with Crippen LogP contribution in [0.4, 0.5) is 5.69 Å². The molecule has 6 nitrogen and oxygen atoms in total. The molecule has 0 amide bonds. The lowest BCUT2D eigenvalue weighted by atomic mass is 10.00. The van der Waals surface area contributed by atoms with Crippen LogP contribution in [0.5, 0.6) is 5.75 Å². The summed E-state index contributed by atoms with van der Waals surface area (Å²) in [7, 11) is 0. The zero-order chi connectivity index (χ0) is 21.1. The van der Waals surface area contributed by atoms with Gasteiger partial charge in [0.1, 0.15) is 23.1 Å². The van der Waals surface area contributed by atoms with E-state index in [1.807, 2.05) is 37.3 Å². The van der Waals surface area contributed by atoms with E-state index in [4.69, 9.17) is 9.15 Å². The molecule has 0 fully saturated rings. The third kappa shape index (κ3) is 3.85. The lowest BCUT2D eigenvalue weighted by molar-refractivity contribution is 0.0526. The minimum atomic E-state index is -0.444. The van der Waals surface area contributed by atoms with Gasteiger partial charge in [-0.1, -0.05) is 18.2 Å². The van der Waals surface area contributed by atoms with Gasteiger partial charge in [-0.3, -0.25) is 0 Å². The number of rotatable bonds is 6. The summed E-state index contributed by atoms with van der Waals surface area (Å²) in [5.74, 6) is 0.389. The van der Waals surface area contributed by atoms with Crippen LogP contribution < -0.4 is 5.32 Å². The van der Waals surface area contributed by atoms with E-state index in [1.165, 1.54) is 0 Å². The van der Waals surface area contributed by atoms with E-state index in [0.29, 0.717) is 29.0 Å². The van der Waals surface area contributed by atoms with Gasteiger partial charge in [-0.25, -0.2) is 9.78 Å². The van der Waals surface area contributed by atoms with Crippen molar-refractivity contribution in [3.05, 3.63) is 89.5 Å². The standard InChI is InChI=1S/C24H22N2O4/c1-3-29-24(28)17-8-11-18(12-9-17)26-22(20-5-4-14-30-20)19-13-10-16-7-6-15(2)25-21(16)23(19)27/h4-14,22,26-27H,3H2,1-2H3. The Labute approximate surface area is 174 Å². The van der Waals surface area contributed by atoms with Crippen LogP contribution in [0.3, 0.4) is 0 Å². The van der Waals surface area contributed by atoms with Crippen LogP contribution in [0.2, 0.25) is 0 Å². The maximum absolute atomic E-state index is 11.9. The first-order valence-electron chi connectivity index (χ1n) is 9.73. The Morgan fingerprint density at radius 1 is 1.13 bits per heavy atom. The average Bonchev–Trinajstić information content (AvgIpc) is 3.28. The molecule has 6 heteroatoms. The number of carbonyl (C=O) groups is 1. The van der Waals surface area contributed by atoms with E-state index in [0.717, 1.165) is 16.8 Å². The van der Waals surface area contributed by atoms with Crippen molar-refractivity contribution in [2.75, 3.05) is 11.9 Å². The molecule has 1 atom stereocenters. The first-order chi connectivity index (χ1) is 14.6. The quantitative estimate of drug-likeness (QED) is 0.430. The number of nitrogens with one attached hydrogen (secondary N) is 1. The van der Waals surface area contributed by atoms with Gasteiger partial charge in [0.15, 0.2) is 0 Å². The predicted octanol–water partition coefficient (Wildman–Crippen LogP) is 5.22. The van der Waals surface area contributed by atoms with E-state index >= 15 is 0 Å². The molecule has 2 aromatic heterocycles. The highest BCUT2D eigenvalue weighted by molar-refractivity contribution is 5.90. The van der Waals surface area contributed by atoms with Crippen molar-refractivity contribution in [1.82, 2.24) is 4.98 Å². The van der Waals surface area contributed by atoms with Crippen molar-refractivity contribution in [3.8, 4) is 5.75 Å². The number of hydrogen-bond acceptors (Lipinski definition) is 6. The number of aryl methyl sites for hydroxylation is 1. The zero-order valence-corrected chi connectivity index (χ0v) is 16.8. The summed E-state index contributed by atoms with van der Waals surface area (Å²) >= 11 is 0. The molecule has 2 aromatic carbocycles. The van der Waals surface area contributed by atoms with Crippen molar-refractivity contribution in [3.63, 3.8) is 0 Å². The highest BCUT2D eigenvalue weighted by Gasteiger charge is 2.22. The molecule has 2 heterocycles. The van der Waals surface area contributed by atoms with Crippen LogP contribution in [-0.2, 0) is 4.74 Å². The second-order valence-electron chi connectivity index (χ2n) is 6.92. The topological polar surface area (TPSA) is 84.6 Å². The van der Waals surface area contributed by atoms with Crippen LogP contribution in [-0.4, -0.2) is 22.7 Å². The number of aromatic hydroxyl groups is 1. The van der Waals surface area contributed by atoms with Gasteiger partial charge in [0.25, 0.3) is 0 Å². The molecule has 0 aliphatic carbocycles. The molecule has 0 spiro atoms. The summed E-state index contributed by atoms with van der Waals surface area (Å²) in [6.45, 7) is 3.99. The summed E-state index contributed by atoms with van der Waals surface area (Å²) in [6, 6.07) is 17.8. The number of pyridine rings is 1. The van der Waals surface area contributed by atoms with Gasteiger partial charge in [-0.05, 0) is 56.3 Å². The van der Waals surface area contributed by atoms with E-state index in [-0.39, 0.29) is 11.7 Å². The summed E-state index contributed by atoms with van der Waals surface area (Å²) in [6.07, 6.45) is 1.59. The third-order valence-corrected chi connectivity index (χ3v) is 4.85. The Balaban J connectivity index is 1.71. The van der Waals surface area contributed by atoms with E-state index < -0.39 is 6.04 Å². The first kappa shape index (κ1) is 19.5. The molecule has 4 aromatic rings. The van der Waals surface area contributed by atoms with Crippen LogP contribution in [0, 0.1) is 6.92 Å². The third-order valence-electron chi connectivity index (χ3n) is 4.85. The van der Waals surface area contributed by atoms with Gasteiger partial charge in [-0.15, -0.1) is 0 Å². The fraction of sp³-hybridized carbons (Fsp3) is 0.167. The van der Waals surface area contributed by atoms with E-state index in [2.05, 4.69) is 10.3 Å². The molecule has 0 bridgehead atoms. The average molecular weight is 402 g/mol. The molecule has 30 heavy (non-hydrogen) atoms. The molecule has 4 rings (SSSR count). The molecule has 1 unspecified atom stereocenters. The van der Waals surface area contributed by atoms with Crippen LogP contribution in [0.15, 0.2) is 71.3 Å². The van der Waals surface area contributed by atoms with Crippen molar-refractivity contribution in [2.45, 2.75) is 19.9 Å². The maximum atomic E-state index is 11.9. The number of carbonyl (C=O) groups excluding carboxylic acids is 1. The van der Waals surface area contributed by atoms with Crippen molar-refractivity contribution in [2.24, 2.45) is 0 Å². The number of phenolic OH excluding ortho intramolecular Hbond substituents is 1. The molecular weight excluding hydrogens is 380 g/mol. The maximum Gasteiger partial charge on any atom is 0.338 e. The van der Waals surface area contributed by atoms with E-state index in [1.54, 1.807) is 43.5 Å². The predicted molar refractivity (Wildman–Crippen MR) is 115 cm³/mol. The zero-order valence-electron chi connectivity index (χ0n) is 16.8. The Morgan fingerprint density at radius 2 is 1.90 bits per heavy atom. The number of esters is 1. The Bertz CT molecular complexity index is 1170. The minimum absolute atomic E-state index is 0.105. The molecule has 152 valence electrons. The fourth-order valence-corrected chi connectivity index (χ4v) is 3.36. The van der Waals surface area contributed by atoms with Crippen molar-refractivity contribution in [1.29, 1.82) is 0 Å².